The molecule has 1 N–H and O–H groups in total. The van der Waals surface area contributed by atoms with Gasteiger partial charge in [0.05, 0.1) is 0 Å². The molecule has 0 aliphatic carbocycles. The fraction of sp³-hybridized carbons (Fsp3) is 0.200. The first-order valence-corrected chi connectivity index (χ1v) is 5.81. The second-order valence-electron chi connectivity index (χ2n) is 4.30. The average Bonchev–Trinajstić information content (AvgIpc) is 2.33. The molecule has 2 aromatic rings. The van der Waals surface area contributed by atoms with Crippen molar-refractivity contribution in [3.8, 4) is 11.1 Å². The van der Waals surface area contributed by atoms with Crippen LogP contribution in [-0.4, -0.2) is 7.05 Å². The van der Waals surface area contributed by atoms with E-state index in [1.54, 1.807) is 0 Å². The maximum atomic E-state index is 13.7. The van der Waals surface area contributed by atoms with Gasteiger partial charge in [-0.05, 0) is 48.9 Å². The first-order valence-electron chi connectivity index (χ1n) is 5.81. The lowest BCUT2D eigenvalue weighted by molar-refractivity contribution is 0.603. The molecule has 0 amide bonds. The molecule has 0 aliphatic rings. The van der Waals surface area contributed by atoms with Gasteiger partial charge in [0.1, 0.15) is 11.6 Å². The summed E-state index contributed by atoms with van der Waals surface area (Å²) < 4.78 is 26.9. The second-order valence-corrected chi connectivity index (χ2v) is 4.30. The van der Waals surface area contributed by atoms with Crippen molar-refractivity contribution in [2.75, 3.05) is 7.05 Å². The fourth-order valence-corrected chi connectivity index (χ4v) is 2.05. The zero-order valence-corrected chi connectivity index (χ0v) is 10.4. The molecule has 0 unspecified atom stereocenters. The SMILES string of the molecule is CNCc1ccc(-c2cc(F)ccc2F)c(C)c1. The van der Waals surface area contributed by atoms with E-state index in [2.05, 4.69) is 5.32 Å². The molecule has 0 atom stereocenters. The minimum Gasteiger partial charge on any atom is -0.316 e. The molecule has 2 aromatic carbocycles. The van der Waals surface area contributed by atoms with Gasteiger partial charge in [0.25, 0.3) is 0 Å². The summed E-state index contributed by atoms with van der Waals surface area (Å²) in [6.07, 6.45) is 0. The van der Waals surface area contributed by atoms with E-state index in [0.29, 0.717) is 5.56 Å². The minimum absolute atomic E-state index is 0.309. The van der Waals surface area contributed by atoms with Crippen LogP contribution >= 0.6 is 0 Å². The predicted molar refractivity (Wildman–Crippen MR) is 69.3 cm³/mol. The molecule has 1 nitrogen and oxygen atoms in total. The molecule has 18 heavy (non-hydrogen) atoms. The van der Waals surface area contributed by atoms with Gasteiger partial charge in [0.2, 0.25) is 0 Å². The summed E-state index contributed by atoms with van der Waals surface area (Å²) in [5.41, 5.74) is 3.10. The molecule has 0 heterocycles. The van der Waals surface area contributed by atoms with Crippen molar-refractivity contribution in [1.82, 2.24) is 5.32 Å². The van der Waals surface area contributed by atoms with Crippen LogP contribution in [-0.2, 0) is 6.54 Å². The normalized spacial score (nSPS) is 10.7. The molecule has 3 heteroatoms. The van der Waals surface area contributed by atoms with Crippen LogP contribution in [0, 0.1) is 18.6 Å². The standard InChI is InChI=1S/C15H15F2N/c1-10-7-11(9-18-2)3-5-13(10)14-8-12(16)4-6-15(14)17/h3-8,18H,9H2,1-2H3. The van der Waals surface area contributed by atoms with Crippen LogP contribution in [0.4, 0.5) is 8.78 Å². The van der Waals surface area contributed by atoms with Crippen LogP contribution in [0.25, 0.3) is 11.1 Å². The largest absolute Gasteiger partial charge is 0.316 e. The number of benzene rings is 2. The quantitative estimate of drug-likeness (QED) is 0.872. The van der Waals surface area contributed by atoms with Crippen LogP contribution in [0.3, 0.4) is 0 Å². The molecule has 0 radical (unpaired) electrons. The Morgan fingerprint density at radius 1 is 1.00 bits per heavy atom. The number of aryl methyl sites for hydroxylation is 1. The molecule has 94 valence electrons. The van der Waals surface area contributed by atoms with Gasteiger partial charge in [0, 0.05) is 12.1 Å². The molecule has 2 rings (SSSR count). The van der Waals surface area contributed by atoms with E-state index >= 15 is 0 Å². The van der Waals surface area contributed by atoms with Crippen molar-refractivity contribution in [3.05, 3.63) is 59.2 Å². The van der Waals surface area contributed by atoms with Crippen LogP contribution in [0.2, 0.25) is 0 Å². The second kappa shape index (κ2) is 5.27. The Kier molecular flexibility index (Phi) is 3.72. The molecule has 0 aliphatic heterocycles. The molecule has 0 saturated heterocycles. The van der Waals surface area contributed by atoms with Gasteiger partial charge in [-0.3, -0.25) is 0 Å². The topological polar surface area (TPSA) is 12.0 Å². The lowest BCUT2D eigenvalue weighted by atomic mass is 9.98. The van der Waals surface area contributed by atoms with Gasteiger partial charge in [-0.1, -0.05) is 18.2 Å². The highest BCUT2D eigenvalue weighted by Gasteiger charge is 2.09. The Morgan fingerprint density at radius 2 is 1.78 bits per heavy atom. The van der Waals surface area contributed by atoms with Crippen molar-refractivity contribution in [1.29, 1.82) is 0 Å². The zero-order chi connectivity index (χ0) is 13.1. The third-order valence-electron chi connectivity index (χ3n) is 2.89. The summed E-state index contributed by atoms with van der Waals surface area (Å²) in [7, 11) is 1.87. The van der Waals surface area contributed by atoms with Crippen molar-refractivity contribution in [2.45, 2.75) is 13.5 Å². The molecule has 0 spiro atoms. The smallest absolute Gasteiger partial charge is 0.131 e. The van der Waals surface area contributed by atoms with E-state index in [1.165, 1.54) is 6.07 Å². The van der Waals surface area contributed by atoms with E-state index in [-0.39, 0.29) is 0 Å². The summed E-state index contributed by atoms with van der Waals surface area (Å²) in [5, 5.41) is 3.06. The summed E-state index contributed by atoms with van der Waals surface area (Å²) >= 11 is 0. The van der Waals surface area contributed by atoms with E-state index in [0.717, 1.165) is 35.4 Å². The molecule has 0 saturated carbocycles. The average molecular weight is 247 g/mol. The number of nitrogens with one attached hydrogen (secondary N) is 1. The Hall–Kier alpha value is -1.74. The number of hydrogen-bond donors (Lipinski definition) is 1. The van der Waals surface area contributed by atoms with E-state index in [9.17, 15) is 8.78 Å². The highest BCUT2D eigenvalue weighted by molar-refractivity contribution is 5.68. The van der Waals surface area contributed by atoms with Gasteiger partial charge in [-0.2, -0.15) is 0 Å². The fourth-order valence-electron chi connectivity index (χ4n) is 2.05. The first-order chi connectivity index (χ1) is 8.61. The van der Waals surface area contributed by atoms with Crippen LogP contribution in [0.5, 0.6) is 0 Å². The van der Waals surface area contributed by atoms with Crippen LogP contribution in [0.15, 0.2) is 36.4 Å². The molecular formula is C15H15F2N. The maximum Gasteiger partial charge on any atom is 0.131 e. The van der Waals surface area contributed by atoms with Crippen molar-refractivity contribution < 1.29 is 8.78 Å². The summed E-state index contributed by atoms with van der Waals surface area (Å²) in [6, 6.07) is 9.25. The number of rotatable bonds is 3. The third kappa shape index (κ3) is 2.57. The van der Waals surface area contributed by atoms with Gasteiger partial charge in [-0.15, -0.1) is 0 Å². The lowest BCUT2D eigenvalue weighted by Gasteiger charge is -2.10. The van der Waals surface area contributed by atoms with E-state index in [1.807, 2.05) is 32.2 Å². The predicted octanol–water partition coefficient (Wildman–Crippen LogP) is 3.66. The highest BCUT2D eigenvalue weighted by atomic mass is 19.1. The lowest BCUT2D eigenvalue weighted by Crippen LogP contribution is -2.05. The molecular weight excluding hydrogens is 232 g/mol. The van der Waals surface area contributed by atoms with Gasteiger partial charge in [-0.25, -0.2) is 8.78 Å². The van der Waals surface area contributed by atoms with Gasteiger partial charge >= 0.3 is 0 Å². The summed E-state index contributed by atoms with van der Waals surface area (Å²) in [6.45, 7) is 2.66. The summed E-state index contributed by atoms with van der Waals surface area (Å²) in [4.78, 5) is 0. The molecule has 0 fully saturated rings. The van der Waals surface area contributed by atoms with Crippen molar-refractivity contribution in [3.63, 3.8) is 0 Å². The minimum atomic E-state index is -0.426. The van der Waals surface area contributed by atoms with Crippen molar-refractivity contribution >= 4 is 0 Å². The Labute approximate surface area is 105 Å². The highest BCUT2D eigenvalue weighted by Crippen LogP contribution is 2.27. The number of halogens is 2. The van der Waals surface area contributed by atoms with Gasteiger partial charge in [0.15, 0.2) is 0 Å². The monoisotopic (exact) mass is 247 g/mol. The van der Waals surface area contributed by atoms with E-state index in [4.69, 9.17) is 0 Å². The first kappa shape index (κ1) is 12.7. The Balaban J connectivity index is 2.47. The Bertz CT molecular complexity index is 564. The van der Waals surface area contributed by atoms with Crippen LogP contribution < -0.4 is 5.32 Å². The third-order valence-corrected chi connectivity index (χ3v) is 2.89. The molecule has 0 bridgehead atoms. The zero-order valence-electron chi connectivity index (χ0n) is 10.4. The van der Waals surface area contributed by atoms with Crippen molar-refractivity contribution in [2.24, 2.45) is 0 Å². The molecule has 0 aromatic heterocycles. The van der Waals surface area contributed by atoms with Crippen LogP contribution in [0.1, 0.15) is 11.1 Å². The Morgan fingerprint density at radius 3 is 2.44 bits per heavy atom. The maximum absolute atomic E-state index is 13.7. The number of hydrogen-bond acceptors (Lipinski definition) is 1. The van der Waals surface area contributed by atoms with E-state index < -0.39 is 11.6 Å². The summed E-state index contributed by atoms with van der Waals surface area (Å²) in [5.74, 6) is -0.828. The van der Waals surface area contributed by atoms with Gasteiger partial charge < -0.3 is 5.32 Å².